The smallest absolute Gasteiger partial charge is 0.327 e. The maximum absolute atomic E-state index is 13.2. The normalized spacial score (nSPS) is 10.1. The van der Waals surface area contributed by atoms with E-state index >= 15 is 0 Å². The van der Waals surface area contributed by atoms with Gasteiger partial charge >= 0.3 is 5.69 Å². The molecule has 88 valence electrons. The first-order valence-electron chi connectivity index (χ1n) is 5.04. The molecule has 0 amide bonds. The van der Waals surface area contributed by atoms with E-state index in [1.807, 2.05) is 6.92 Å². The van der Waals surface area contributed by atoms with Crippen LogP contribution in [0.3, 0.4) is 0 Å². The molecular formula is C10H14FN3O2. The van der Waals surface area contributed by atoms with Crippen LogP contribution in [0.1, 0.15) is 6.92 Å². The number of hydrogen-bond donors (Lipinski definition) is 2. The third-order valence-electron chi connectivity index (χ3n) is 2.04. The summed E-state index contributed by atoms with van der Waals surface area (Å²) < 4.78 is 13.2. The lowest BCUT2D eigenvalue weighted by Crippen LogP contribution is -2.21. The van der Waals surface area contributed by atoms with Crippen molar-refractivity contribution in [3.05, 3.63) is 34.1 Å². The first-order chi connectivity index (χ1) is 7.66. The lowest BCUT2D eigenvalue weighted by Gasteiger charge is -2.07. The number of likely N-dealkylation sites (N-methyl/N-ethyl adjacent to an activating group) is 1. The molecule has 0 heterocycles. The summed E-state index contributed by atoms with van der Waals surface area (Å²) in [6.07, 6.45) is 0. The second-order valence-corrected chi connectivity index (χ2v) is 3.17. The standard InChI is InChI=1S/C10H14FN3O2/c1-2-12-6-7-13-9-5-3-4-8(11)10(9)14(15)16/h3-5,12-13H,2,6-7H2,1H3. The van der Waals surface area contributed by atoms with Gasteiger partial charge in [-0.25, -0.2) is 0 Å². The fourth-order valence-electron chi connectivity index (χ4n) is 1.31. The van der Waals surface area contributed by atoms with Crippen molar-refractivity contribution in [2.45, 2.75) is 6.92 Å². The Morgan fingerprint density at radius 3 is 2.81 bits per heavy atom. The third-order valence-corrected chi connectivity index (χ3v) is 2.04. The Morgan fingerprint density at radius 1 is 1.44 bits per heavy atom. The van der Waals surface area contributed by atoms with Gasteiger partial charge in [0, 0.05) is 13.1 Å². The number of halogens is 1. The molecular weight excluding hydrogens is 213 g/mol. The van der Waals surface area contributed by atoms with E-state index in [1.165, 1.54) is 12.1 Å². The molecule has 0 aliphatic carbocycles. The fraction of sp³-hybridized carbons (Fsp3) is 0.400. The van der Waals surface area contributed by atoms with E-state index in [1.54, 1.807) is 0 Å². The van der Waals surface area contributed by atoms with Gasteiger partial charge in [-0.1, -0.05) is 13.0 Å². The Balaban J connectivity index is 2.71. The van der Waals surface area contributed by atoms with Crippen molar-refractivity contribution in [3.63, 3.8) is 0 Å². The van der Waals surface area contributed by atoms with Gasteiger partial charge in [-0.15, -0.1) is 0 Å². The Morgan fingerprint density at radius 2 is 2.19 bits per heavy atom. The molecule has 1 aromatic rings. The van der Waals surface area contributed by atoms with Crippen LogP contribution in [-0.2, 0) is 0 Å². The number of hydrogen-bond acceptors (Lipinski definition) is 4. The summed E-state index contributed by atoms with van der Waals surface area (Å²) in [5.74, 6) is -0.821. The van der Waals surface area contributed by atoms with Crippen LogP contribution in [0.25, 0.3) is 0 Å². The molecule has 0 radical (unpaired) electrons. The quantitative estimate of drug-likeness (QED) is 0.441. The van der Waals surface area contributed by atoms with E-state index in [-0.39, 0.29) is 5.69 Å². The molecule has 0 saturated heterocycles. The summed E-state index contributed by atoms with van der Waals surface area (Å²) >= 11 is 0. The lowest BCUT2D eigenvalue weighted by atomic mass is 10.2. The summed E-state index contributed by atoms with van der Waals surface area (Å²) in [4.78, 5) is 9.92. The van der Waals surface area contributed by atoms with Gasteiger partial charge < -0.3 is 10.6 Å². The molecule has 1 aromatic carbocycles. The highest BCUT2D eigenvalue weighted by atomic mass is 19.1. The third kappa shape index (κ3) is 3.16. The van der Waals surface area contributed by atoms with Crippen LogP contribution in [0.15, 0.2) is 18.2 Å². The lowest BCUT2D eigenvalue weighted by molar-refractivity contribution is -0.386. The molecule has 2 N–H and O–H groups in total. The van der Waals surface area contributed by atoms with E-state index in [4.69, 9.17) is 0 Å². The number of para-hydroxylation sites is 1. The molecule has 0 bridgehead atoms. The number of nitro benzene ring substituents is 1. The summed E-state index contributed by atoms with van der Waals surface area (Å²) in [5, 5.41) is 16.5. The monoisotopic (exact) mass is 227 g/mol. The minimum Gasteiger partial charge on any atom is -0.378 e. The van der Waals surface area contributed by atoms with Crippen molar-refractivity contribution in [1.82, 2.24) is 5.32 Å². The van der Waals surface area contributed by atoms with Gasteiger partial charge in [0.25, 0.3) is 0 Å². The second kappa shape index (κ2) is 6.02. The number of nitro groups is 1. The van der Waals surface area contributed by atoms with Crippen LogP contribution >= 0.6 is 0 Å². The highest BCUT2D eigenvalue weighted by molar-refractivity contribution is 5.61. The molecule has 0 spiro atoms. The molecule has 0 fully saturated rings. The minimum absolute atomic E-state index is 0.211. The van der Waals surface area contributed by atoms with Crippen LogP contribution in [0, 0.1) is 15.9 Å². The van der Waals surface area contributed by atoms with E-state index in [9.17, 15) is 14.5 Å². The molecule has 0 unspecified atom stereocenters. The fourth-order valence-corrected chi connectivity index (χ4v) is 1.31. The maximum atomic E-state index is 13.2. The number of nitrogens with one attached hydrogen (secondary N) is 2. The number of rotatable bonds is 6. The van der Waals surface area contributed by atoms with Gasteiger partial charge in [0.1, 0.15) is 5.69 Å². The average molecular weight is 227 g/mol. The second-order valence-electron chi connectivity index (χ2n) is 3.17. The number of benzene rings is 1. The Labute approximate surface area is 92.8 Å². The van der Waals surface area contributed by atoms with Crippen LogP contribution in [0.2, 0.25) is 0 Å². The SMILES string of the molecule is CCNCCNc1cccc(F)c1[N+](=O)[O-]. The van der Waals surface area contributed by atoms with Crippen LogP contribution in [0.4, 0.5) is 15.8 Å². The molecule has 0 aromatic heterocycles. The highest BCUT2D eigenvalue weighted by Crippen LogP contribution is 2.26. The number of anilines is 1. The van der Waals surface area contributed by atoms with Crippen LogP contribution in [-0.4, -0.2) is 24.6 Å². The molecule has 5 nitrogen and oxygen atoms in total. The van der Waals surface area contributed by atoms with Crippen molar-refractivity contribution in [2.75, 3.05) is 25.0 Å². The van der Waals surface area contributed by atoms with Crippen molar-refractivity contribution >= 4 is 11.4 Å². The largest absolute Gasteiger partial charge is 0.378 e. The zero-order valence-corrected chi connectivity index (χ0v) is 9.00. The van der Waals surface area contributed by atoms with E-state index in [0.717, 1.165) is 12.6 Å². The van der Waals surface area contributed by atoms with Gasteiger partial charge in [-0.3, -0.25) is 10.1 Å². The molecule has 0 saturated carbocycles. The first-order valence-corrected chi connectivity index (χ1v) is 5.04. The molecule has 1 rings (SSSR count). The Bertz CT molecular complexity index is 371. The average Bonchev–Trinajstić information content (AvgIpc) is 2.24. The van der Waals surface area contributed by atoms with E-state index in [0.29, 0.717) is 13.1 Å². The predicted octanol–water partition coefficient (Wildman–Crippen LogP) is 1.76. The van der Waals surface area contributed by atoms with E-state index in [2.05, 4.69) is 10.6 Å². The van der Waals surface area contributed by atoms with Crippen LogP contribution < -0.4 is 10.6 Å². The zero-order chi connectivity index (χ0) is 12.0. The van der Waals surface area contributed by atoms with Gasteiger partial charge in [0.2, 0.25) is 5.82 Å². The van der Waals surface area contributed by atoms with Crippen molar-refractivity contribution < 1.29 is 9.31 Å². The van der Waals surface area contributed by atoms with E-state index < -0.39 is 16.4 Å². The van der Waals surface area contributed by atoms with Crippen molar-refractivity contribution in [3.8, 4) is 0 Å². The van der Waals surface area contributed by atoms with Gasteiger partial charge in [0.15, 0.2) is 0 Å². The molecule has 0 aliphatic rings. The Hall–Kier alpha value is -1.69. The van der Waals surface area contributed by atoms with Crippen molar-refractivity contribution in [2.24, 2.45) is 0 Å². The van der Waals surface area contributed by atoms with Gasteiger partial charge in [0.05, 0.1) is 4.92 Å². The minimum atomic E-state index is -0.821. The summed E-state index contributed by atoms with van der Waals surface area (Å²) in [7, 11) is 0. The predicted molar refractivity (Wildman–Crippen MR) is 60.1 cm³/mol. The first kappa shape index (κ1) is 12.4. The van der Waals surface area contributed by atoms with Crippen molar-refractivity contribution in [1.29, 1.82) is 0 Å². The summed E-state index contributed by atoms with van der Waals surface area (Å²) in [5.41, 5.74) is -0.290. The van der Waals surface area contributed by atoms with Gasteiger partial charge in [-0.2, -0.15) is 4.39 Å². The topological polar surface area (TPSA) is 67.2 Å². The summed E-state index contributed by atoms with van der Waals surface area (Å²) in [6.45, 7) is 3.97. The van der Waals surface area contributed by atoms with Gasteiger partial charge in [-0.05, 0) is 18.7 Å². The molecule has 0 aliphatic heterocycles. The molecule has 0 atom stereocenters. The zero-order valence-electron chi connectivity index (χ0n) is 9.00. The molecule has 6 heteroatoms. The molecule has 16 heavy (non-hydrogen) atoms. The summed E-state index contributed by atoms with van der Waals surface area (Å²) in [6, 6.07) is 4.01. The Kier molecular flexibility index (Phi) is 4.65. The number of nitrogens with zero attached hydrogens (tertiary/aromatic N) is 1. The van der Waals surface area contributed by atoms with Crippen LogP contribution in [0.5, 0.6) is 0 Å². The highest BCUT2D eigenvalue weighted by Gasteiger charge is 2.18. The maximum Gasteiger partial charge on any atom is 0.327 e.